The number of benzene rings is 2. The van der Waals surface area contributed by atoms with Crippen LogP contribution in [0.2, 0.25) is 10.0 Å². The zero-order valence-corrected chi connectivity index (χ0v) is 23.4. The SMILES string of the molecule is C=C(Cc1ccc(Cl)c(Cl)c1)N(NC(CN1CC=CCC1)C(C)C)c1ccc(SN)cc1F.CC. The van der Waals surface area contributed by atoms with E-state index in [1.165, 1.54) is 6.07 Å². The first-order valence-corrected chi connectivity index (χ1v) is 13.6. The van der Waals surface area contributed by atoms with Gasteiger partial charge in [-0.15, -0.1) is 0 Å². The van der Waals surface area contributed by atoms with Crippen LogP contribution in [0.4, 0.5) is 10.1 Å². The molecule has 0 bridgehead atoms. The fourth-order valence-electron chi connectivity index (χ4n) is 3.74. The van der Waals surface area contributed by atoms with Gasteiger partial charge in [-0.2, -0.15) is 0 Å². The van der Waals surface area contributed by atoms with Crippen molar-refractivity contribution in [1.29, 1.82) is 0 Å². The van der Waals surface area contributed by atoms with Crippen LogP contribution in [-0.4, -0.2) is 30.6 Å². The van der Waals surface area contributed by atoms with Crippen molar-refractivity contribution in [3.63, 3.8) is 0 Å². The fraction of sp³-hybridized carbons (Fsp3) is 0.407. The van der Waals surface area contributed by atoms with Crippen LogP contribution in [-0.2, 0) is 6.42 Å². The van der Waals surface area contributed by atoms with E-state index in [0.29, 0.717) is 38.7 Å². The minimum absolute atomic E-state index is 0.0880. The lowest BCUT2D eigenvalue weighted by Crippen LogP contribution is -2.52. The average Bonchev–Trinajstić information content (AvgIpc) is 2.86. The third kappa shape index (κ3) is 8.81. The van der Waals surface area contributed by atoms with Gasteiger partial charge in [-0.05, 0) is 60.2 Å². The minimum atomic E-state index is -0.364. The maximum absolute atomic E-state index is 15.2. The molecule has 0 saturated carbocycles. The van der Waals surface area contributed by atoms with Crippen LogP contribution in [0.25, 0.3) is 0 Å². The molecule has 1 atom stereocenters. The van der Waals surface area contributed by atoms with E-state index in [1.807, 2.05) is 32.0 Å². The van der Waals surface area contributed by atoms with E-state index in [2.05, 4.69) is 42.9 Å². The second-order valence-electron chi connectivity index (χ2n) is 8.56. The monoisotopic (exact) mass is 538 g/mol. The minimum Gasteiger partial charge on any atom is -0.298 e. The Bertz CT molecular complexity index is 999. The zero-order valence-electron chi connectivity index (χ0n) is 21.0. The normalized spacial score (nSPS) is 14.4. The maximum atomic E-state index is 15.2. The Morgan fingerprint density at radius 3 is 2.49 bits per heavy atom. The van der Waals surface area contributed by atoms with E-state index in [9.17, 15) is 0 Å². The summed E-state index contributed by atoms with van der Waals surface area (Å²) in [5.74, 6) is -0.0465. The molecule has 1 heterocycles. The number of nitrogens with one attached hydrogen (secondary N) is 1. The summed E-state index contributed by atoms with van der Waals surface area (Å²) < 4.78 is 15.2. The van der Waals surface area contributed by atoms with E-state index in [0.717, 1.165) is 43.6 Å². The lowest BCUT2D eigenvalue weighted by atomic mass is 10.0. The number of hydrazine groups is 1. The number of nitrogens with zero attached hydrogens (tertiary/aromatic N) is 2. The summed E-state index contributed by atoms with van der Waals surface area (Å²) in [4.78, 5) is 3.06. The molecule has 8 heteroatoms. The number of halogens is 3. The van der Waals surface area contributed by atoms with E-state index >= 15 is 4.39 Å². The molecule has 3 N–H and O–H groups in total. The maximum Gasteiger partial charge on any atom is 0.149 e. The van der Waals surface area contributed by atoms with Crippen molar-refractivity contribution < 1.29 is 4.39 Å². The summed E-state index contributed by atoms with van der Waals surface area (Å²) in [5.41, 5.74) is 5.62. The van der Waals surface area contributed by atoms with Crippen molar-refractivity contribution in [1.82, 2.24) is 10.3 Å². The van der Waals surface area contributed by atoms with Gasteiger partial charge in [-0.1, -0.05) is 75.7 Å². The number of hydrogen-bond acceptors (Lipinski definition) is 5. The molecule has 0 saturated heterocycles. The Labute approximate surface area is 224 Å². The molecule has 4 nitrogen and oxygen atoms in total. The van der Waals surface area contributed by atoms with Gasteiger partial charge in [-0.25, -0.2) is 9.82 Å². The van der Waals surface area contributed by atoms with Crippen molar-refractivity contribution in [2.45, 2.75) is 51.5 Å². The van der Waals surface area contributed by atoms with Crippen molar-refractivity contribution in [2.75, 3.05) is 24.6 Å². The predicted molar refractivity (Wildman–Crippen MR) is 152 cm³/mol. The summed E-state index contributed by atoms with van der Waals surface area (Å²) >= 11 is 13.3. The van der Waals surface area contributed by atoms with Crippen molar-refractivity contribution >= 4 is 40.8 Å². The summed E-state index contributed by atoms with van der Waals surface area (Å²) in [6.45, 7) is 15.4. The zero-order chi connectivity index (χ0) is 26.0. The van der Waals surface area contributed by atoms with Gasteiger partial charge in [0.15, 0.2) is 0 Å². The molecule has 1 aliphatic rings. The first-order valence-electron chi connectivity index (χ1n) is 12.0. The Morgan fingerprint density at radius 1 is 1.17 bits per heavy atom. The van der Waals surface area contributed by atoms with E-state index < -0.39 is 0 Å². The van der Waals surface area contributed by atoms with Crippen molar-refractivity contribution in [2.24, 2.45) is 11.1 Å². The van der Waals surface area contributed by atoms with E-state index in [4.69, 9.17) is 28.3 Å². The third-order valence-electron chi connectivity index (χ3n) is 5.70. The topological polar surface area (TPSA) is 44.5 Å². The van der Waals surface area contributed by atoms with Crippen molar-refractivity contribution in [3.05, 3.63) is 82.3 Å². The van der Waals surface area contributed by atoms with Gasteiger partial charge in [0.2, 0.25) is 0 Å². The van der Waals surface area contributed by atoms with Gasteiger partial charge >= 0.3 is 0 Å². The van der Waals surface area contributed by atoms with Crippen LogP contribution in [0.1, 0.15) is 39.7 Å². The van der Waals surface area contributed by atoms with Gasteiger partial charge in [-0.3, -0.25) is 15.0 Å². The number of rotatable bonds is 10. The highest BCUT2D eigenvalue weighted by atomic mass is 35.5. The quantitative estimate of drug-likeness (QED) is 0.186. The lowest BCUT2D eigenvalue weighted by Gasteiger charge is -2.37. The molecule has 0 amide bonds. The number of allylic oxidation sites excluding steroid dienone is 1. The molecule has 35 heavy (non-hydrogen) atoms. The molecule has 0 fully saturated rings. The van der Waals surface area contributed by atoms with Crippen molar-refractivity contribution in [3.8, 4) is 0 Å². The van der Waals surface area contributed by atoms with Gasteiger partial charge in [0, 0.05) is 42.7 Å². The highest BCUT2D eigenvalue weighted by Crippen LogP contribution is 2.29. The number of anilines is 1. The fourth-order valence-corrected chi connectivity index (χ4v) is 4.38. The molecule has 0 radical (unpaired) electrons. The van der Waals surface area contributed by atoms with Crippen LogP contribution in [0, 0.1) is 11.7 Å². The van der Waals surface area contributed by atoms with Crippen LogP contribution < -0.4 is 15.6 Å². The van der Waals surface area contributed by atoms with Crippen LogP contribution in [0.3, 0.4) is 0 Å². The summed E-state index contributed by atoms with van der Waals surface area (Å²) in [6, 6.07) is 10.6. The van der Waals surface area contributed by atoms with Crippen LogP contribution >= 0.6 is 35.1 Å². The molecule has 2 aromatic rings. The largest absolute Gasteiger partial charge is 0.298 e. The summed E-state index contributed by atoms with van der Waals surface area (Å²) in [6.07, 6.45) is 5.94. The lowest BCUT2D eigenvalue weighted by molar-refractivity contribution is 0.231. The smallest absolute Gasteiger partial charge is 0.149 e. The predicted octanol–water partition coefficient (Wildman–Crippen LogP) is 7.48. The third-order valence-corrected chi connectivity index (χ3v) is 6.97. The highest BCUT2D eigenvalue weighted by molar-refractivity contribution is 7.97. The average molecular weight is 540 g/mol. The van der Waals surface area contributed by atoms with E-state index in [-0.39, 0.29) is 11.9 Å². The first-order chi connectivity index (χ1) is 16.8. The Morgan fingerprint density at radius 2 is 1.91 bits per heavy atom. The summed E-state index contributed by atoms with van der Waals surface area (Å²) in [7, 11) is 0. The van der Waals surface area contributed by atoms with E-state index in [1.54, 1.807) is 17.1 Å². The molecular formula is C27H37Cl2FN4S. The molecular weight excluding hydrogens is 502 g/mol. The van der Waals surface area contributed by atoms with Crippen LogP contribution in [0.5, 0.6) is 0 Å². The molecule has 1 unspecified atom stereocenters. The molecule has 192 valence electrons. The number of hydrogen-bond donors (Lipinski definition) is 2. The van der Waals surface area contributed by atoms with Gasteiger partial charge < -0.3 is 0 Å². The standard InChI is InChI=1S/C25H31Cl2FN4S.C2H6/c1-17(2)24(16-31-11-5-4-6-12-31)30-32(25-10-8-20(33-29)15-23(25)28)18(3)13-19-7-9-21(26)22(27)14-19;1-2/h4-5,7-10,14-15,17,24,30H,3,6,11-13,16,29H2,1-2H3;1-2H3. The van der Waals surface area contributed by atoms with Gasteiger partial charge in [0.25, 0.3) is 0 Å². The highest BCUT2D eigenvalue weighted by Gasteiger charge is 2.24. The van der Waals surface area contributed by atoms with Gasteiger partial charge in [0.05, 0.1) is 15.7 Å². The number of nitrogens with two attached hydrogens (primary N) is 1. The second kappa shape index (κ2) is 14.9. The Hall–Kier alpha value is -1.54. The first kappa shape index (κ1) is 29.7. The Balaban J connectivity index is 0.00000210. The van der Waals surface area contributed by atoms with Crippen LogP contribution in [0.15, 0.2) is 65.7 Å². The molecule has 0 aromatic heterocycles. The molecule has 3 rings (SSSR count). The second-order valence-corrected chi connectivity index (χ2v) is 10.1. The van der Waals surface area contributed by atoms with Gasteiger partial charge in [0.1, 0.15) is 5.82 Å². The molecule has 1 aliphatic heterocycles. The molecule has 0 spiro atoms. The molecule has 2 aromatic carbocycles. The Kier molecular flexibility index (Phi) is 12.6. The molecule has 0 aliphatic carbocycles. The summed E-state index contributed by atoms with van der Waals surface area (Å²) in [5, 5.41) is 8.38.